The zero-order valence-corrected chi connectivity index (χ0v) is 11.2. The van der Waals surface area contributed by atoms with Crippen LogP contribution >= 0.6 is 0 Å². The molecule has 0 aliphatic carbocycles. The van der Waals surface area contributed by atoms with Gasteiger partial charge in [-0.15, -0.1) is 13.2 Å². The predicted octanol–water partition coefficient (Wildman–Crippen LogP) is 3.11. The maximum Gasteiger partial charge on any atom is 0.573 e. The van der Waals surface area contributed by atoms with Crippen LogP contribution in [0.1, 0.15) is 24.2 Å². The Morgan fingerprint density at radius 3 is 2.16 bits per heavy atom. The van der Waals surface area contributed by atoms with Crippen LogP contribution in [-0.2, 0) is 0 Å². The van der Waals surface area contributed by atoms with E-state index in [0.29, 0.717) is 0 Å². The first-order valence-corrected chi connectivity index (χ1v) is 5.62. The van der Waals surface area contributed by atoms with Crippen molar-refractivity contribution in [3.63, 3.8) is 0 Å². The highest BCUT2D eigenvalue weighted by molar-refractivity contribution is 6.04. The maximum absolute atomic E-state index is 12.3. The average Bonchev–Trinajstić information content (AvgIpc) is 2.26. The Bertz CT molecular complexity index is 467. The number of para-hydroxylation sites is 1. The molecule has 1 aromatic carbocycles. The maximum atomic E-state index is 12.3. The summed E-state index contributed by atoms with van der Waals surface area (Å²) in [5.41, 5.74) is -1.01. The quantitative estimate of drug-likeness (QED) is 0.791. The van der Waals surface area contributed by atoms with Gasteiger partial charge < -0.3 is 4.74 Å². The number of carbonyl (C=O) groups excluding carboxylic acids is 1. The fraction of sp³-hybridized carbons (Fsp3) is 0.462. The molecule has 0 bridgehead atoms. The highest BCUT2D eigenvalue weighted by Crippen LogP contribution is 2.29. The van der Waals surface area contributed by atoms with E-state index in [9.17, 15) is 18.0 Å². The number of likely N-dealkylation sites (N-methyl/N-ethyl adjacent to an activating group) is 1. The molecule has 0 N–H and O–H groups in total. The Hall–Kier alpha value is -1.56. The van der Waals surface area contributed by atoms with Gasteiger partial charge >= 0.3 is 6.36 Å². The van der Waals surface area contributed by atoms with Crippen LogP contribution in [0.3, 0.4) is 0 Å². The van der Waals surface area contributed by atoms with Crippen molar-refractivity contribution in [2.75, 3.05) is 14.1 Å². The molecular weight excluding hydrogens is 259 g/mol. The van der Waals surface area contributed by atoms with Gasteiger partial charge in [-0.3, -0.25) is 9.69 Å². The van der Waals surface area contributed by atoms with Crippen LogP contribution in [0, 0.1) is 0 Å². The molecule has 0 spiro atoms. The van der Waals surface area contributed by atoms with Gasteiger partial charge in [-0.05, 0) is 40.1 Å². The third-order valence-electron chi connectivity index (χ3n) is 3.03. The highest BCUT2D eigenvalue weighted by Gasteiger charge is 2.36. The lowest BCUT2D eigenvalue weighted by Crippen LogP contribution is -2.45. The van der Waals surface area contributed by atoms with E-state index in [1.807, 2.05) is 0 Å². The first-order chi connectivity index (χ1) is 8.55. The molecule has 6 heteroatoms. The molecule has 1 aromatic rings. The van der Waals surface area contributed by atoms with Crippen molar-refractivity contribution in [2.45, 2.75) is 25.7 Å². The highest BCUT2D eigenvalue weighted by atomic mass is 19.4. The first-order valence-electron chi connectivity index (χ1n) is 5.62. The smallest absolute Gasteiger partial charge is 0.405 e. The number of benzene rings is 1. The summed E-state index contributed by atoms with van der Waals surface area (Å²) in [5.74, 6) is -0.910. The van der Waals surface area contributed by atoms with Crippen molar-refractivity contribution in [2.24, 2.45) is 0 Å². The van der Waals surface area contributed by atoms with E-state index < -0.39 is 23.4 Å². The summed E-state index contributed by atoms with van der Waals surface area (Å²) in [7, 11) is 3.37. The number of hydrogen-bond donors (Lipinski definition) is 0. The minimum Gasteiger partial charge on any atom is -0.405 e. The number of rotatable bonds is 4. The Morgan fingerprint density at radius 2 is 1.68 bits per heavy atom. The van der Waals surface area contributed by atoms with E-state index in [1.54, 1.807) is 32.8 Å². The van der Waals surface area contributed by atoms with Gasteiger partial charge in [-0.2, -0.15) is 0 Å². The zero-order valence-electron chi connectivity index (χ0n) is 11.2. The normalized spacial score (nSPS) is 12.6. The molecule has 0 heterocycles. The lowest BCUT2D eigenvalue weighted by Gasteiger charge is -2.31. The molecule has 0 aliphatic heterocycles. The molecule has 0 fully saturated rings. The van der Waals surface area contributed by atoms with Crippen LogP contribution in [0.5, 0.6) is 5.75 Å². The fourth-order valence-electron chi connectivity index (χ4n) is 1.40. The van der Waals surface area contributed by atoms with Crippen LogP contribution in [0.4, 0.5) is 13.2 Å². The second-order valence-electron chi connectivity index (χ2n) is 4.83. The summed E-state index contributed by atoms with van der Waals surface area (Å²) in [6.07, 6.45) is -4.82. The SMILES string of the molecule is CN(C)C(C)(C)C(=O)c1ccccc1OC(F)(F)F. The van der Waals surface area contributed by atoms with E-state index in [4.69, 9.17) is 0 Å². The lowest BCUT2D eigenvalue weighted by atomic mass is 9.91. The topological polar surface area (TPSA) is 29.5 Å². The summed E-state index contributed by atoms with van der Waals surface area (Å²) < 4.78 is 40.8. The number of halogens is 3. The Balaban J connectivity index is 3.18. The van der Waals surface area contributed by atoms with Crippen molar-refractivity contribution in [3.05, 3.63) is 29.8 Å². The van der Waals surface area contributed by atoms with Gasteiger partial charge in [0.1, 0.15) is 5.75 Å². The van der Waals surface area contributed by atoms with E-state index in [1.165, 1.54) is 18.2 Å². The Morgan fingerprint density at radius 1 is 1.16 bits per heavy atom. The van der Waals surface area contributed by atoms with Gasteiger partial charge in [0.15, 0.2) is 5.78 Å². The molecule has 0 aliphatic rings. The average molecular weight is 275 g/mol. The van der Waals surface area contributed by atoms with E-state index >= 15 is 0 Å². The molecular formula is C13H16F3NO2. The minimum atomic E-state index is -4.82. The van der Waals surface area contributed by atoms with Crippen molar-refractivity contribution in [1.29, 1.82) is 0 Å². The standard InChI is InChI=1S/C13H16F3NO2/c1-12(2,17(3)4)11(18)9-7-5-6-8-10(9)19-13(14,15)16/h5-8H,1-4H3. The number of hydrogen-bond acceptors (Lipinski definition) is 3. The molecule has 0 saturated heterocycles. The molecule has 3 nitrogen and oxygen atoms in total. The molecule has 0 radical (unpaired) electrons. The van der Waals surface area contributed by atoms with Gasteiger partial charge in [0, 0.05) is 0 Å². The summed E-state index contributed by atoms with van der Waals surface area (Å²) >= 11 is 0. The van der Waals surface area contributed by atoms with E-state index in [-0.39, 0.29) is 5.56 Å². The number of alkyl halides is 3. The summed E-state index contributed by atoms with van der Waals surface area (Å²) in [4.78, 5) is 14.0. The van der Waals surface area contributed by atoms with Crippen LogP contribution in [0.25, 0.3) is 0 Å². The van der Waals surface area contributed by atoms with Crippen LogP contribution in [0.15, 0.2) is 24.3 Å². The summed E-state index contributed by atoms with van der Waals surface area (Å²) in [5, 5.41) is 0. The van der Waals surface area contributed by atoms with Gasteiger partial charge in [-0.1, -0.05) is 12.1 Å². The molecule has 0 saturated carbocycles. The second-order valence-corrected chi connectivity index (χ2v) is 4.83. The van der Waals surface area contributed by atoms with Crippen molar-refractivity contribution < 1.29 is 22.7 Å². The summed E-state index contributed by atoms with van der Waals surface area (Å²) in [6, 6.07) is 5.35. The van der Waals surface area contributed by atoms with Gasteiger partial charge in [-0.25, -0.2) is 0 Å². The number of carbonyl (C=O) groups is 1. The summed E-state index contributed by atoms with van der Waals surface area (Å²) in [6.45, 7) is 3.28. The third-order valence-corrected chi connectivity index (χ3v) is 3.03. The third kappa shape index (κ3) is 3.70. The van der Waals surface area contributed by atoms with Gasteiger partial charge in [0.2, 0.25) is 0 Å². The van der Waals surface area contributed by atoms with E-state index in [0.717, 1.165) is 6.07 Å². The molecule has 0 atom stereocenters. The monoisotopic (exact) mass is 275 g/mol. The Kier molecular flexibility index (Phi) is 4.25. The largest absolute Gasteiger partial charge is 0.573 e. The molecule has 0 amide bonds. The van der Waals surface area contributed by atoms with Gasteiger partial charge in [0.05, 0.1) is 11.1 Å². The van der Waals surface area contributed by atoms with Gasteiger partial charge in [0.25, 0.3) is 0 Å². The van der Waals surface area contributed by atoms with E-state index in [2.05, 4.69) is 4.74 Å². The number of ketones is 1. The van der Waals surface area contributed by atoms with Crippen LogP contribution in [0.2, 0.25) is 0 Å². The zero-order chi connectivity index (χ0) is 14.8. The second kappa shape index (κ2) is 5.21. The van der Waals surface area contributed by atoms with Crippen molar-refractivity contribution in [1.82, 2.24) is 4.90 Å². The van der Waals surface area contributed by atoms with Crippen LogP contribution < -0.4 is 4.74 Å². The predicted molar refractivity (Wildman–Crippen MR) is 65.2 cm³/mol. The number of nitrogens with zero attached hydrogens (tertiary/aromatic N) is 1. The first kappa shape index (κ1) is 15.5. The van der Waals surface area contributed by atoms with Crippen molar-refractivity contribution >= 4 is 5.78 Å². The lowest BCUT2D eigenvalue weighted by molar-refractivity contribution is -0.274. The Labute approximate surface area is 110 Å². The van der Waals surface area contributed by atoms with Crippen molar-refractivity contribution in [3.8, 4) is 5.75 Å². The number of ether oxygens (including phenoxy) is 1. The molecule has 106 valence electrons. The van der Waals surface area contributed by atoms with Crippen LogP contribution in [-0.4, -0.2) is 36.7 Å². The minimum absolute atomic E-state index is 0.0847. The molecule has 0 unspecified atom stereocenters. The molecule has 0 aromatic heterocycles. The molecule has 1 rings (SSSR count). The fourth-order valence-corrected chi connectivity index (χ4v) is 1.40. The molecule has 19 heavy (non-hydrogen) atoms. The number of Topliss-reactive ketones (excluding diaryl/α,β-unsaturated/α-hetero) is 1.